The molecule has 0 amide bonds. The van der Waals surface area contributed by atoms with Crippen molar-refractivity contribution in [3.05, 3.63) is 0 Å². The first kappa shape index (κ1) is 10.4. The largest absolute Gasteiger partial charge is 0.378 e. The molecule has 0 spiro atoms. The third kappa shape index (κ3) is 2.27. The minimum Gasteiger partial charge on any atom is -0.378 e. The van der Waals surface area contributed by atoms with Crippen molar-refractivity contribution in [2.45, 2.75) is 50.8 Å². The van der Waals surface area contributed by atoms with E-state index in [2.05, 4.69) is 11.8 Å². The van der Waals surface area contributed by atoms with Crippen LogP contribution in [0.5, 0.6) is 0 Å². The Morgan fingerprint density at radius 1 is 1.29 bits per heavy atom. The molecule has 2 fully saturated rings. The quantitative estimate of drug-likeness (QED) is 0.734. The molecule has 0 bridgehead atoms. The molecule has 2 aliphatic rings. The van der Waals surface area contributed by atoms with Crippen molar-refractivity contribution in [3.63, 3.8) is 0 Å². The standard InChI is InChI=1S/C11H22N2O/c1-2-14-11-3-5-13(6-4-11)10-7-9(12)8-10/h9-11H,2-8,12H2,1H3. The van der Waals surface area contributed by atoms with Gasteiger partial charge in [0.25, 0.3) is 0 Å². The van der Waals surface area contributed by atoms with Crippen molar-refractivity contribution < 1.29 is 4.74 Å². The molecule has 1 heterocycles. The van der Waals surface area contributed by atoms with Gasteiger partial charge in [-0.1, -0.05) is 0 Å². The number of piperidine rings is 1. The van der Waals surface area contributed by atoms with Crippen LogP contribution in [0.1, 0.15) is 32.6 Å². The molecule has 14 heavy (non-hydrogen) atoms. The highest BCUT2D eigenvalue weighted by molar-refractivity contribution is 4.91. The van der Waals surface area contributed by atoms with Crippen LogP contribution in [-0.2, 0) is 4.74 Å². The monoisotopic (exact) mass is 198 g/mol. The highest BCUT2D eigenvalue weighted by atomic mass is 16.5. The van der Waals surface area contributed by atoms with E-state index in [-0.39, 0.29) is 0 Å². The van der Waals surface area contributed by atoms with E-state index in [1.54, 1.807) is 0 Å². The molecule has 2 N–H and O–H groups in total. The van der Waals surface area contributed by atoms with Crippen molar-refractivity contribution in [2.75, 3.05) is 19.7 Å². The fraction of sp³-hybridized carbons (Fsp3) is 1.00. The number of likely N-dealkylation sites (tertiary alicyclic amines) is 1. The molecule has 1 aliphatic heterocycles. The molecule has 0 unspecified atom stereocenters. The summed E-state index contributed by atoms with van der Waals surface area (Å²) in [5.74, 6) is 0. The first-order chi connectivity index (χ1) is 6.79. The van der Waals surface area contributed by atoms with Crippen molar-refractivity contribution in [2.24, 2.45) is 5.73 Å². The van der Waals surface area contributed by atoms with Crippen LogP contribution >= 0.6 is 0 Å². The third-order valence-electron chi connectivity index (χ3n) is 3.54. The molecule has 3 nitrogen and oxygen atoms in total. The van der Waals surface area contributed by atoms with E-state index in [0.717, 1.165) is 12.6 Å². The minimum absolute atomic E-state index is 0.476. The Morgan fingerprint density at radius 2 is 1.93 bits per heavy atom. The molecular formula is C11H22N2O. The zero-order chi connectivity index (χ0) is 9.97. The molecule has 1 saturated heterocycles. The van der Waals surface area contributed by atoms with Gasteiger partial charge in [0, 0.05) is 31.8 Å². The number of ether oxygens (including phenoxy) is 1. The number of rotatable bonds is 3. The molecule has 82 valence electrons. The summed E-state index contributed by atoms with van der Waals surface area (Å²) < 4.78 is 5.63. The summed E-state index contributed by atoms with van der Waals surface area (Å²) in [7, 11) is 0. The van der Waals surface area contributed by atoms with Gasteiger partial charge in [-0.2, -0.15) is 0 Å². The molecule has 0 aromatic heterocycles. The maximum Gasteiger partial charge on any atom is 0.0599 e. The first-order valence-corrected chi connectivity index (χ1v) is 5.90. The van der Waals surface area contributed by atoms with Gasteiger partial charge in [0.05, 0.1) is 6.10 Å². The number of nitrogens with two attached hydrogens (primary N) is 1. The predicted molar refractivity (Wildman–Crippen MR) is 57.2 cm³/mol. The normalized spacial score (nSPS) is 35.6. The first-order valence-electron chi connectivity index (χ1n) is 5.90. The molecule has 0 radical (unpaired) electrons. The Morgan fingerprint density at radius 3 is 2.43 bits per heavy atom. The van der Waals surface area contributed by atoms with Crippen LogP contribution in [0.25, 0.3) is 0 Å². The fourth-order valence-electron chi connectivity index (χ4n) is 2.57. The maximum atomic E-state index is 5.80. The van der Waals surface area contributed by atoms with Crippen LogP contribution < -0.4 is 5.73 Å². The van der Waals surface area contributed by atoms with Gasteiger partial charge in [-0.05, 0) is 32.6 Å². The average Bonchev–Trinajstić information content (AvgIpc) is 2.15. The van der Waals surface area contributed by atoms with Crippen LogP contribution in [0.4, 0.5) is 0 Å². The molecular weight excluding hydrogens is 176 g/mol. The van der Waals surface area contributed by atoms with E-state index in [9.17, 15) is 0 Å². The van der Waals surface area contributed by atoms with Gasteiger partial charge in [0.15, 0.2) is 0 Å². The van der Waals surface area contributed by atoms with Crippen LogP contribution in [0, 0.1) is 0 Å². The summed E-state index contributed by atoms with van der Waals surface area (Å²) >= 11 is 0. The lowest BCUT2D eigenvalue weighted by atomic mass is 9.85. The molecule has 0 aromatic carbocycles. The van der Waals surface area contributed by atoms with Gasteiger partial charge in [-0.3, -0.25) is 0 Å². The Hall–Kier alpha value is -0.120. The van der Waals surface area contributed by atoms with Gasteiger partial charge in [0.1, 0.15) is 0 Å². The summed E-state index contributed by atoms with van der Waals surface area (Å²) in [4.78, 5) is 2.60. The predicted octanol–water partition coefficient (Wildman–Crippen LogP) is 0.977. The maximum absolute atomic E-state index is 5.80. The SMILES string of the molecule is CCOC1CCN(C2CC(N)C2)CC1. The Labute approximate surface area is 86.6 Å². The zero-order valence-electron chi connectivity index (χ0n) is 9.11. The lowest BCUT2D eigenvalue weighted by molar-refractivity contribution is -0.00912. The van der Waals surface area contributed by atoms with E-state index in [1.165, 1.54) is 38.8 Å². The van der Waals surface area contributed by atoms with Gasteiger partial charge < -0.3 is 15.4 Å². The Kier molecular flexibility index (Phi) is 3.42. The lowest BCUT2D eigenvalue weighted by Gasteiger charge is -2.44. The van der Waals surface area contributed by atoms with Gasteiger partial charge in [-0.25, -0.2) is 0 Å². The number of hydrogen-bond donors (Lipinski definition) is 1. The van der Waals surface area contributed by atoms with E-state index in [1.807, 2.05) is 0 Å². The van der Waals surface area contributed by atoms with Crippen LogP contribution in [-0.4, -0.2) is 42.8 Å². The second-order valence-corrected chi connectivity index (χ2v) is 4.58. The summed E-state index contributed by atoms with van der Waals surface area (Å²) in [6.45, 7) is 5.36. The highest BCUT2D eigenvalue weighted by Crippen LogP contribution is 2.27. The Balaban J connectivity index is 1.68. The number of nitrogens with zero attached hydrogens (tertiary/aromatic N) is 1. The molecule has 0 atom stereocenters. The number of hydrogen-bond acceptors (Lipinski definition) is 3. The van der Waals surface area contributed by atoms with E-state index < -0.39 is 0 Å². The molecule has 0 aromatic rings. The lowest BCUT2D eigenvalue weighted by Crippen LogP contribution is -2.53. The van der Waals surface area contributed by atoms with Crippen LogP contribution in [0.15, 0.2) is 0 Å². The fourth-order valence-corrected chi connectivity index (χ4v) is 2.57. The van der Waals surface area contributed by atoms with Crippen molar-refractivity contribution >= 4 is 0 Å². The zero-order valence-corrected chi connectivity index (χ0v) is 9.11. The van der Waals surface area contributed by atoms with E-state index in [4.69, 9.17) is 10.5 Å². The molecule has 1 aliphatic carbocycles. The molecule has 1 saturated carbocycles. The minimum atomic E-state index is 0.476. The summed E-state index contributed by atoms with van der Waals surface area (Å²) in [6, 6.07) is 1.26. The Bertz CT molecular complexity index is 172. The van der Waals surface area contributed by atoms with Gasteiger partial charge in [-0.15, -0.1) is 0 Å². The smallest absolute Gasteiger partial charge is 0.0599 e. The van der Waals surface area contributed by atoms with Gasteiger partial charge in [0.2, 0.25) is 0 Å². The average molecular weight is 198 g/mol. The van der Waals surface area contributed by atoms with Crippen LogP contribution in [0.3, 0.4) is 0 Å². The highest BCUT2D eigenvalue weighted by Gasteiger charge is 2.33. The summed E-state index contributed by atoms with van der Waals surface area (Å²) in [5.41, 5.74) is 5.80. The second kappa shape index (κ2) is 4.60. The third-order valence-corrected chi connectivity index (χ3v) is 3.54. The second-order valence-electron chi connectivity index (χ2n) is 4.58. The topological polar surface area (TPSA) is 38.5 Å². The van der Waals surface area contributed by atoms with Gasteiger partial charge >= 0.3 is 0 Å². The van der Waals surface area contributed by atoms with Crippen molar-refractivity contribution in [1.82, 2.24) is 4.90 Å². The van der Waals surface area contributed by atoms with E-state index >= 15 is 0 Å². The van der Waals surface area contributed by atoms with E-state index in [0.29, 0.717) is 12.1 Å². The van der Waals surface area contributed by atoms with Crippen LogP contribution in [0.2, 0.25) is 0 Å². The van der Waals surface area contributed by atoms with Crippen molar-refractivity contribution in [3.8, 4) is 0 Å². The van der Waals surface area contributed by atoms with Crippen molar-refractivity contribution in [1.29, 1.82) is 0 Å². The molecule has 3 heteroatoms. The molecule has 2 rings (SSSR count). The summed E-state index contributed by atoms with van der Waals surface area (Å²) in [6.07, 6.45) is 5.35. The summed E-state index contributed by atoms with van der Waals surface area (Å²) in [5, 5.41) is 0.